The van der Waals surface area contributed by atoms with Gasteiger partial charge >= 0.3 is 0 Å². The molecular weight excluding hydrogens is 474 g/mol. The van der Waals surface area contributed by atoms with Crippen molar-refractivity contribution in [3.05, 3.63) is 131 Å². The van der Waals surface area contributed by atoms with E-state index in [1.54, 1.807) is 36.5 Å². The molecule has 0 radical (unpaired) electrons. The molecule has 2 aliphatic rings. The number of nitrogens with one attached hydrogen (secondary N) is 1. The largest absolute Gasteiger partial charge is 0.497 e. The molecule has 1 N–H and O–H groups in total. The van der Waals surface area contributed by atoms with Crippen LogP contribution in [0.3, 0.4) is 0 Å². The number of carbonyl (C=O) groups excluding carboxylic acids is 2. The highest BCUT2D eigenvalue weighted by atomic mass is 16.5. The van der Waals surface area contributed by atoms with Crippen LogP contribution in [-0.4, -0.2) is 23.8 Å². The van der Waals surface area contributed by atoms with E-state index in [0.29, 0.717) is 24.0 Å². The third-order valence-electron chi connectivity index (χ3n) is 7.32. The minimum atomic E-state index is -0.619. The van der Waals surface area contributed by atoms with Crippen molar-refractivity contribution in [1.82, 2.24) is 4.98 Å². The molecule has 6 nitrogen and oxygen atoms in total. The molecule has 2 atom stereocenters. The van der Waals surface area contributed by atoms with Gasteiger partial charge in [0.15, 0.2) is 5.78 Å². The second-order valence-electron chi connectivity index (χ2n) is 9.57. The number of para-hydroxylation sites is 2. The normalized spacial score (nSPS) is 18.7. The molecule has 1 aliphatic heterocycles. The number of ketones is 1. The van der Waals surface area contributed by atoms with Crippen LogP contribution in [0.1, 0.15) is 46.3 Å². The Balaban J connectivity index is 1.52. The first-order valence-electron chi connectivity index (χ1n) is 12.7. The van der Waals surface area contributed by atoms with Crippen molar-refractivity contribution in [3.8, 4) is 5.75 Å². The summed E-state index contributed by atoms with van der Waals surface area (Å²) in [6.07, 6.45) is 4.45. The summed E-state index contributed by atoms with van der Waals surface area (Å²) < 4.78 is 5.32. The molecule has 1 aromatic heterocycles. The van der Waals surface area contributed by atoms with Crippen molar-refractivity contribution in [2.75, 3.05) is 17.3 Å². The highest BCUT2D eigenvalue weighted by molar-refractivity contribution is 6.12. The minimum Gasteiger partial charge on any atom is -0.497 e. The van der Waals surface area contributed by atoms with Crippen LogP contribution in [0.25, 0.3) is 0 Å². The number of nitrogens with zero attached hydrogens (tertiary/aromatic N) is 2. The lowest BCUT2D eigenvalue weighted by atomic mass is 9.78. The number of aromatic nitrogens is 1. The van der Waals surface area contributed by atoms with Gasteiger partial charge in [-0.15, -0.1) is 0 Å². The summed E-state index contributed by atoms with van der Waals surface area (Å²) in [6, 6.07) is 28.0. The molecule has 188 valence electrons. The second kappa shape index (κ2) is 9.98. The number of anilines is 2. The fourth-order valence-electron chi connectivity index (χ4n) is 5.50. The van der Waals surface area contributed by atoms with Gasteiger partial charge in [-0.25, -0.2) is 0 Å². The summed E-state index contributed by atoms with van der Waals surface area (Å²) >= 11 is 0. The Morgan fingerprint density at radius 3 is 2.39 bits per heavy atom. The maximum Gasteiger partial charge on any atom is 0.259 e. The lowest BCUT2D eigenvalue weighted by Crippen LogP contribution is -2.38. The number of methoxy groups -OCH3 is 1. The molecule has 2 heterocycles. The predicted octanol–water partition coefficient (Wildman–Crippen LogP) is 6.30. The van der Waals surface area contributed by atoms with Crippen LogP contribution >= 0.6 is 0 Å². The van der Waals surface area contributed by atoms with Crippen molar-refractivity contribution < 1.29 is 14.3 Å². The standard InChI is InChI=1S/C32H27N3O3/c1-38-25-15-13-21(14-16-25)24-18-27-30(29(36)19-24)31(23-10-7-17-33-20-23)35(28-12-6-5-11-26(28)34-27)32(37)22-8-3-2-4-9-22/h2-17,20,24,31,34H,18-19H2,1H3/t24-,31+/m0/s1. The third kappa shape index (κ3) is 4.24. The first-order chi connectivity index (χ1) is 18.6. The summed E-state index contributed by atoms with van der Waals surface area (Å²) in [7, 11) is 1.64. The van der Waals surface area contributed by atoms with E-state index in [-0.39, 0.29) is 17.6 Å². The zero-order valence-corrected chi connectivity index (χ0v) is 21.0. The van der Waals surface area contributed by atoms with Crippen LogP contribution < -0.4 is 15.0 Å². The van der Waals surface area contributed by atoms with Gasteiger partial charge < -0.3 is 10.1 Å². The maximum atomic E-state index is 14.2. The van der Waals surface area contributed by atoms with E-state index in [2.05, 4.69) is 10.3 Å². The lowest BCUT2D eigenvalue weighted by molar-refractivity contribution is -0.116. The van der Waals surface area contributed by atoms with Gasteiger partial charge in [0.1, 0.15) is 5.75 Å². The van der Waals surface area contributed by atoms with Crippen LogP contribution in [0.4, 0.5) is 11.4 Å². The summed E-state index contributed by atoms with van der Waals surface area (Å²) in [5, 5.41) is 3.57. The summed E-state index contributed by atoms with van der Waals surface area (Å²) in [6.45, 7) is 0. The fraction of sp³-hybridized carbons (Fsp3) is 0.156. The predicted molar refractivity (Wildman–Crippen MR) is 147 cm³/mol. The Morgan fingerprint density at radius 1 is 0.895 bits per heavy atom. The number of Topliss-reactive ketones (excluding diaryl/α,β-unsaturated/α-hetero) is 1. The molecule has 6 rings (SSSR count). The van der Waals surface area contributed by atoms with Crippen molar-refractivity contribution in [2.45, 2.75) is 24.8 Å². The van der Waals surface area contributed by atoms with Gasteiger partial charge in [-0.1, -0.05) is 48.5 Å². The number of carbonyl (C=O) groups is 2. The number of fused-ring (bicyclic) bond motifs is 1. The quantitative estimate of drug-likeness (QED) is 0.355. The van der Waals surface area contributed by atoms with Gasteiger partial charge in [-0.05, 0) is 65.9 Å². The van der Waals surface area contributed by atoms with Gasteiger partial charge in [0.2, 0.25) is 0 Å². The molecule has 1 amide bonds. The Kier molecular flexibility index (Phi) is 6.22. The molecule has 0 bridgehead atoms. The number of ether oxygens (including phenoxy) is 1. The average Bonchev–Trinajstić information content (AvgIpc) is 3.12. The Morgan fingerprint density at radius 2 is 1.66 bits per heavy atom. The van der Waals surface area contributed by atoms with Crippen LogP contribution in [0.15, 0.2) is 115 Å². The average molecular weight is 502 g/mol. The minimum absolute atomic E-state index is 0.0118. The Hall–Kier alpha value is -4.71. The van der Waals surface area contributed by atoms with E-state index in [4.69, 9.17) is 4.74 Å². The number of hydrogen-bond acceptors (Lipinski definition) is 5. The van der Waals surface area contributed by atoms with E-state index in [0.717, 1.165) is 33.9 Å². The Labute approximate surface area is 221 Å². The molecule has 38 heavy (non-hydrogen) atoms. The number of amides is 1. The van der Waals surface area contributed by atoms with Crippen molar-refractivity contribution in [2.24, 2.45) is 0 Å². The van der Waals surface area contributed by atoms with E-state index < -0.39 is 6.04 Å². The molecule has 4 aromatic rings. The van der Waals surface area contributed by atoms with Crippen molar-refractivity contribution >= 4 is 23.1 Å². The van der Waals surface area contributed by atoms with Crippen LogP contribution in [-0.2, 0) is 4.79 Å². The molecule has 0 saturated carbocycles. The molecule has 3 aromatic carbocycles. The number of rotatable bonds is 4. The SMILES string of the molecule is COc1ccc([C@@H]2CC(=O)C3=C(C2)Nc2ccccc2N(C(=O)c2ccccc2)[C@@H]3c2cccnc2)cc1. The van der Waals surface area contributed by atoms with Gasteiger partial charge in [0.25, 0.3) is 5.91 Å². The second-order valence-corrected chi connectivity index (χ2v) is 9.57. The van der Waals surface area contributed by atoms with E-state index in [9.17, 15) is 9.59 Å². The fourth-order valence-corrected chi connectivity index (χ4v) is 5.50. The van der Waals surface area contributed by atoms with Crippen molar-refractivity contribution in [1.29, 1.82) is 0 Å². The first kappa shape index (κ1) is 23.7. The topological polar surface area (TPSA) is 71.5 Å². The maximum absolute atomic E-state index is 14.2. The summed E-state index contributed by atoms with van der Waals surface area (Å²) in [5.41, 5.74) is 5.39. The van der Waals surface area contributed by atoms with Crippen LogP contribution in [0.5, 0.6) is 5.75 Å². The molecule has 0 saturated heterocycles. The van der Waals surface area contributed by atoms with Gasteiger partial charge in [0, 0.05) is 35.6 Å². The van der Waals surface area contributed by atoms with E-state index in [1.807, 2.05) is 78.9 Å². The third-order valence-corrected chi connectivity index (χ3v) is 7.32. The zero-order valence-electron chi connectivity index (χ0n) is 21.0. The monoisotopic (exact) mass is 501 g/mol. The smallest absolute Gasteiger partial charge is 0.259 e. The molecule has 1 aliphatic carbocycles. The summed E-state index contributed by atoms with van der Waals surface area (Å²) in [4.78, 5) is 34.3. The van der Waals surface area contributed by atoms with Crippen LogP contribution in [0.2, 0.25) is 0 Å². The number of hydrogen-bond donors (Lipinski definition) is 1. The van der Waals surface area contributed by atoms with E-state index >= 15 is 0 Å². The molecule has 0 fully saturated rings. The van der Waals surface area contributed by atoms with E-state index in [1.165, 1.54) is 0 Å². The first-order valence-corrected chi connectivity index (χ1v) is 12.7. The van der Waals surface area contributed by atoms with Gasteiger partial charge in [0.05, 0.1) is 24.5 Å². The zero-order chi connectivity index (χ0) is 26.1. The highest BCUT2D eigenvalue weighted by Gasteiger charge is 2.42. The molecule has 0 unspecified atom stereocenters. The summed E-state index contributed by atoms with van der Waals surface area (Å²) in [5.74, 6) is 0.640. The molecule has 0 spiro atoms. The number of allylic oxidation sites excluding steroid dienone is 1. The van der Waals surface area contributed by atoms with Gasteiger partial charge in [-0.3, -0.25) is 19.5 Å². The Bertz CT molecular complexity index is 1510. The molecule has 6 heteroatoms. The lowest BCUT2D eigenvalue weighted by Gasteiger charge is -2.35. The van der Waals surface area contributed by atoms with Crippen molar-refractivity contribution in [3.63, 3.8) is 0 Å². The molecular formula is C32H27N3O3. The van der Waals surface area contributed by atoms with Gasteiger partial charge in [-0.2, -0.15) is 0 Å². The number of benzene rings is 3. The van der Waals surface area contributed by atoms with Crippen LogP contribution in [0, 0.1) is 0 Å². The number of pyridine rings is 1. The highest BCUT2D eigenvalue weighted by Crippen LogP contribution is 2.47.